The van der Waals surface area contributed by atoms with Crippen molar-refractivity contribution in [3.05, 3.63) is 48.6 Å². The molecule has 1 aliphatic rings. The van der Waals surface area contributed by atoms with Gasteiger partial charge in [-0.3, -0.25) is 9.69 Å². The number of para-hydroxylation sites is 1. The SMILES string of the molecule is O=C(CN1CC(c2nc(-c3ncccn3)no2)C1)Nc1nc2ccccc2s1. The van der Waals surface area contributed by atoms with Crippen LogP contribution in [0.3, 0.4) is 0 Å². The fourth-order valence-corrected chi connectivity index (χ4v) is 3.93. The van der Waals surface area contributed by atoms with Gasteiger partial charge in [0.2, 0.25) is 23.4 Å². The Kier molecular flexibility index (Phi) is 4.26. The van der Waals surface area contributed by atoms with Gasteiger partial charge in [0.05, 0.1) is 22.7 Å². The topological polar surface area (TPSA) is 110 Å². The summed E-state index contributed by atoms with van der Waals surface area (Å²) in [5.41, 5.74) is 0.890. The van der Waals surface area contributed by atoms with Crippen LogP contribution < -0.4 is 5.32 Å². The molecule has 0 aliphatic carbocycles. The molecule has 4 aromatic rings. The molecule has 1 fully saturated rings. The van der Waals surface area contributed by atoms with Gasteiger partial charge in [0, 0.05) is 25.5 Å². The van der Waals surface area contributed by atoms with Gasteiger partial charge in [-0.15, -0.1) is 0 Å². The van der Waals surface area contributed by atoms with Crippen molar-refractivity contribution in [2.75, 3.05) is 25.0 Å². The van der Waals surface area contributed by atoms with Gasteiger partial charge in [0.15, 0.2) is 5.13 Å². The zero-order valence-electron chi connectivity index (χ0n) is 14.6. The Bertz CT molecular complexity index is 1090. The third-order valence-electron chi connectivity index (χ3n) is 4.42. The third-order valence-corrected chi connectivity index (χ3v) is 5.37. The molecular weight excluding hydrogens is 378 g/mol. The normalized spacial score (nSPS) is 14.9. The first kappa shape index (κ1) is 16.9. The van der Waals surface area contributed by atoms with Crippen LogP contribution >= 0.6 is 11.3 Å². The first-order valence-corrected chi connectivity index (χ1v) is 9.55. The minimum absolute atomic E-state index is 0.0820. The van der Waals surface area contributed by atoms with E-state index >= 15 is 0 Å². The number of thiazole rings is 1. The summed E-state index contributed by atoms with van der Waals surface area (Å²) in [6.45, 7) is 1.67. The molecular formula is C18H15N7O2S. The number of hydrogen-bond donors (Lipinski definition) is 1. The molecule has 1 N–H and O–H groups in total. The molecule has 9 nitrogen and oxygen atoms in total. The Balaban J connectivity index is 1.15. The van der Waals surface area contributed by atoms with Gasteiger partial charge in [-0.1, -0.05) is 28.6 Å². The molecule has 4 heterocycles. The molecule has 10 heteroatoms. The van der Waals surface area contributed by atoms with Crippen molar-refractivity contribution < 1.29 is 9.32 Å². The third kappa shape index (κ3) is 3.35. The number of carbonyl (C=O) groups is 1. The van der Waals surface area contributed by atoms with E-state index in [9.17, 15) is 4.79 Å². The minimum atomic E-state index is -0.0820. The maximum Gasteiger partial charge on any atom is 0.240 e. The predicted molar refractivity (Wildman–Crippen MR) is 103 cm³/mol. The van der Waals surface area contributed by atoms with Crippen molar-refractivity contribution in [3.8, 4) is 11.6 Å². The van der Waals surface area contributed by atoms with E-state index in [1.165, 1.54) is 11.3 Å². The zero-order valence-corrected chi connectivity index (χ0v) is 15.5. The van der Waals surface area contributed by atoms with Crippen molar-refractivity contribution in [3.63, 3.8) is 0 Å². The standard InChI is InChI=1S/C18H15N7O2S/c26-14(22-18-21-12-4-1-2-5-13(12)28-18)10-25-8-11(9-25)17-23-16(24-27-17)15-19-6-3-7-20-15/h1-7,11H,8-10H2,(H,21,22,26). The Hall–Kier alpha value is -3.24. The van der Waals surface area contributed by atoms with Gasteiger partial charge in [0.1, 0.15) is 0 Å². The molecule has 1 amide bonds. The number of fused-ring (bicyclic) bond motifs is 1. The van der Waals surface area contributed by atoms with Crippen LogP contribution in [0.1, 0.15) is 11.8 Å². The summed E-state index contributed by atoms with van der Waals surface area (Å²) in [5.74, 6) is 1.39. The fourth-order valence-electron chi connectivity index (χ4n) is 3.05. The second kappa shape index (κ2) is 7.06. The van der Waals surface area contributed by atoms with Gasteiger partial charge >= 0.3 is 0 Å². The van der Waals surface area contributed by atoms with E-state index in [2.05, 4.69) is 30.4 Å². The highest BCUT2D eigenvalue weighted by Crippen LogP contribution is 2.28. The second-order valence-corrected chi connectivity index (χ2v) is 7.49. The number of nitrogens with zero attached hydrogens (tertiary/aromatic N) is 6. The maximum atomic E-state index is 12.3. The van der Waals surface area contributed by atoms with Gasteiger partial charge in [0.25, 0.3) is 0 Å². The predicted octanol–water partition coefficient (Wildman–Crippen LogP) is 2.17. The van der Waals surface area contributed by atoms with Crippen LogP contribution in [0, 0.1) is 0 Å². The first-order valence-electron chi connectivity index (χ1n) is 8.73. The molecule has 0 bridgehead atoms. The average Bonchev–Trinajstić information content (AvgIpc) is 3.31. The van der Waals surface area contributed by atoms with Crippen LogP contribution in [0.2, 0.25) is 0 Å². The largest absolute Gasteiger partial charge is 0.338 e. The van der Waals surface area contributed by atoms with E-state index in [0.29, 0.717) is 42.3 Å². The Morgan fingerprint density at radius 2 is 1.96 bits per heavy atom. The lowest BCUT2D eigenvalue weighted by Gasteiger charge is -2.36. The number of amides is 1. The fraction of sp³-hybridized carbons (Fsp3) is 0.222. The van der Waals surface area contributed by atoms with Crippen LogP contribution in [-0.4, -0.2) is 55.5 Å². The lowest BCUT2D eigenvalue weighted by Crippen LogP contribution is -2.48. The van der Waals surface area contributed by atoms with Crippen LogP contribution in [-0.2, 0) is 4.79 Å². The van der Waals surface area contributed by atoms with Gasteiger partial charge in [-0.05, 0) is 18.2 Å². The number of nitrogens with one attached hydrogen (secondary N) is 1. The van der Waals surface area contributed by atoms with Crippen molar-refractivity contribution in [2.24, 2.45) is 0 Å². The Labute approximate surface area is 163 Å². The van der Waals surface area contributed by atoms with E-state index in [4.69, 9.17) is 4.52 Å². The highest BCUT2D eigenvalue weighted by Gasteiger charge is 2.34. The molecule has 0 atom stereocenters. The molecule has 0 unspecified atom stereocenters. The van der Waals surface area contributed by atoms with Crippen LogP contribution in [0.25, 0.3) is 21.9 Å². The molecule has 1 aromatic carbocycles. The van der Waals surface area contributed by atoms with Crippen LogP contribution in [0.15, 0.2) is 47.2 Å². The molecule has 0 radical (unpaired) electrons. The minimum Gasteiger partial charge on any atom is -0.338 e. The van der Waals surface area contributed by atoms with E-state index in [1.54, 1.807) is 18.5 Å². The monoisotopic (exact) mass is 393 g/mol. The van der Waals surface area contributed by atoms with E-state index in [-0.39, 0.29) is 11.8 Å². The van der Waals surface area contributed by atoms with Gasteiger partial charge < -0.3 is 9.84 Å². The molecule has 0 saturated carbocycles. The molecule has 28 heavy (non-hydrogen) atoms. The molecule has 140 valence electrons. The average molecular weight is 393 g/mol. The van der Waals surface area contributed by atoms with Crippen molar-refractivity contribution in [2.45, 2.75) is 5.92 Å². The van der Waals surface area contributed by atoms with Crippen LogP contribution in [0.5, 0.6) is 0 Å². The number of likely N-dealkylation sites (tertiary alicyclic amines) is 1. The van der Waals surface area contributed by atoms with Crippen molar-refractivity contribution in [1.29, 1.82) is 0 Å². The van der Waals surface area contributed by atoms with Crippen molar-refractivity contribution in [1.82, 2.24) is 30.0 Å². The van der Waals surface area contributed by atoms with E-state index in [1.807, 2.05) is 29.2 Å². The Morgan fingerprint density at radius 3 is 2.79 bits per heavy atom. The summed E-state index contributed by atoms with van der Waals surface area (Å²) in [4.78, 5) is 31.3. The lowest BCUT2D eigenvalue weighted by molar-refractivity contribution is -0.118. The highest BCUT2D eigenvalue weighted by molar-refractivity contribution is 7.22. The number of aromatic nitrogens is 5. The highest BCUT2D eigenvalue weighted by atomic mass is 32.1. The molecule has 0 spiro atoms. The smallest absolute Gasteiger partial charge is 0.240 e. The number of rotatable bonds is 5. The number of carbonyl (C=O) groups excluding carboxylic acids is 1. The summed E-state index contributed by atoms with van der Waals surface area (Å²) < 4.78 is 6.38. The van der Waals surface area contributed by atoms with Crippen LogP contribution in [0.4, 0.5) is 5.13 Å². The lowest BCUT2D eigenvalue weighted by atomic mass is 10.0. The van der Waals surface area contributed by atoms with Gasteiger partial charge in [-0.2, -0.15) is 4.98 Å². The first-order chi connectivity index (χ1) is 13.7. The second-order valence-electron chi connectivity index (χ2n) is 6.45. The number of anilines is 1. The summed E-state index contributed by atoms with van der Waals surface area (Å²) in [5, 5.41) is 7.42. The summed E-state index contributed by atoms with van der Waals surface area (Å²) in [7, 11) is 0. The molecule has 1 aliphatic heterocycles. The zero-order chi connectivity index (χ0) is 18.9. The number of benzene rings is 1. The van der Waals surface area contributed by atoms with Crippen molar-refractivity contribution >= 4 is 32.6 Å². The summed E-state index contributed by atoms with van der Waals surface area (Å²) in [6.07, 6.45) is 3.26. The van der Waals surface area contributed by atoms with E-state index in [0.717, 1.165) is 10.2 Å². The molecule has 3 aromatic heterocycles. The van der Waals surface area contributed by atoms with E-state index < -0.39 is 0 Å². The summed E-state index contributed by atoms with van der Waals surface area (Å²) >= 11 is 1.47. The Morgan fingerprint density at radius 1 is 1.14 bits per heavy atom. The maximum absolute atomic E-state index is 12.3. The van der Waals surface area contributed by atoms with Gasteiger partial charge in [-0.25, -0.2) is 15.0 Å². The molecule has 1 saturated heterocycles. The molecule has 5 rings (SSSR count). The quantitative estimate of drug-likeness (QED) is 0.549. The number of hydrogen-bond acceptors (Lipinski definition) is 9. The summed E-state index contributed by atoms with van der Waals surface area (Å²) in [6, 6.07) is 9.54.